The van der Waals surface area contributed by atoms with Crippen LogP contribution in [-0.4, -0.2) is 41.5 Å². The van der Waals surface area contributed by atoms with Gasteiger partial charge in [-0.3, -0.25) is 9.78 Å². The van der Waals surface area contributed by atoms with E-state index in [0.717, 1.165) is 38.9 Å². The average Bonchev–Trinajstić information content (AvgIpc) is 2.68. The van der Waals surface area contributed by atoms with Crippen molar-refractivity contribution in [2.75, 3.05) is 19.6 Å². The smallest absolute Gasteiger partial charge is 0.254 e. The molecule has 148 valence electrons. The van der Waals surface area contributed by atoms with Crippen molar-refractivity contribution in [2.45, 2.75) is 32.2 Å². The summed E-state index contributed by atoms with van der Waals surface area (Å²) in [6.45, 7) is 4.88. The lowest BCUT2D eigenvalue weighted by atomic mass is 10.0. The Kier molecular flexibility index (Phi) is 10.1. The number of nitrogens with one attached hydrogen (secondary N) is 1. The molecule has 3 rings (SSSR count). The van der Waals surface area contributed by atoms with Crippen molar-refractivity contribution in [2.24, 2.45) is 0 Å². The van der Waals surface area contributed by atoms with Crippen LogP contribution in [0.2, 0.25) is 0 Å². The number of hydrogen-bond donors (Lipinski definition) is 1. The molecule has 0 radical (unpaired) electrons. The zero-order valence-electron chi connectivity index (χ0n) is 15.5. The van der Waals surface area contributed by atoms with Crippen molar-refractivity contribution in [3.05, 3.63) is 54.4 Å². The molecule has 27 heavy (non-hydrogen) atoms. The van der Waals surface area contributed by atoms with Crippen molar-refractivity contribution < 1.29 is 9.53 Å². The number of benzene rings is 1. The predicted octanol–water partition coefficient (Wildman–Crippen LogP) is 4.32. The van der Waals surface area contributed by atoms with Gasteiger partial charge in [0.15, 0.2) is 0 Å². The second kappa shape index (κ2) is 11.8. The van der Waals surface area contributed by atoms with Crippen molar-refractivity contribution in [1.29, 1.82) is 0 Å². The molecule has 1 saturated heterocycles. The molecule has 0 saturated carbocycles. The van der Waals surface area contributed by atoms with Crippen LogP contribution in [0.4, 0.5) is 0 Å². The van der Waals surface area contributed by atoms with E-state index in [4.69, 9.17) is 4.74 Å². The topological polar surface area (TPSA) is 54.5 Å². The Labute approximate surface area is 173 Å². The highest BCUT2D eigenvalue weighted by Gasteiger charge is 2.25. The predicted molar refractivity (Wildman–Crippen MR) is 112 cm³/mol. The molecule has 0 aliphatic carbocycles. The minimum Gasteiger partial charge on any atom is -0.456 e. The Morgan fingerprint density at radius 2 is 1.85 bits per heavy atom. The fourth-order valence-electron chi connectivity index (χ4n) is 3.18. The van der Waals surface area contributed by atoms with Gasteiger partial charge in [0.2, 0.25) is 0 Å². The van der Waals surface area contributed by atoms with Crippen LogP contribution < -0.4 is 10.1 Å². The minimum atomic E-state index is 0. The van der Waals surface area contributed by atoms with Gasteiger partial charge in [0, 0.05) is 24.3 Å². The number of piperidine rings is 1. The van der Waals surface area contributed by atoms with Crippen LogP contribution in [0.1, 0.15) is 36.5 Å². The Balaban J connectivity index is 0.00000182. The Bertz CT molecular complexity index is 677. The summed E-state index contributed by atoms with van der Waals surface area (Å²) in [6.07, 6.45) is 6.39. The molecular formula is C20H27Cl2N3O2. The molecule has 5 nitrogen and oxygen atoms in total. The Hall–Kier alpha value is -1.82. The van der Waals surface area contributed by atoms with Crippen LogP contribution in [0.25, 0.3) is 0 Å². The normalized spacial score (nSPS) is 13.8. The number of ether oxygens (including phenoxy) is 1. The van der Waals surface area contributed by atoms with E-state index in [1.54, 1.807) is 12.4 Å². The van der Waals surface area contributed by atoms with Crippen molar-refractivity contribution in [3.8, 4) is 11.5 Å². The van der Waals surface area contributed by atoms with E-state index in [9.17, 15) is 4.79 Å². The van der Waals surface area contributed by atoms with Gasteiger partial charge in [0.25, 0.3) is 5.91 Å². The van der Waals surface area contributed by atoms with Crippen molar-refractivity contribution in [1.82, 2.24) is 15.2 Å². The average molecular weight is 412 g/mol. The largest absolute Gasteiger partial charge is 0.456 e. The number of carbonyl (C=O) groups is 1. The quantitative estimate of drug-likeness (QED) is 0.768. The van der Waals surface area contributed by atoms with Gasteiger partial charge in [0.05, 0.1) is 6.20 Å². The molecule has 1 fully saturated rings. The molecule has 0 atom stereocenters. The van der Waals surface area contributed by atoms with E-state index in [-0.39, 0.29) is 30.7 Å². The van der Waals surface area contributed by atoms with Crippen LogP contribution in [0.3, 0.4) is 0 Å². The summed E-state index contributed by atoms with van der Waals surface area (Å²) in [5, 5.41) is 3.36. The van der Waals surface area contributed by atoms with Crippen LogP contribution in [0.5, 0.6) is 11.5 Å². The third-order valence-corrected chi connectivity index (χ3v) is 4.45. The van der Waals surface area contributed by atoms with Gasteiger partial charge in [-0.15, -0.1) is 24.8 Å². The number of hydrogen-bond acceptors (Lipinski definition) is 4. The number of nitrogens with zero attached hydrogens (tertiary/aromatic N) is 2. The number of carbonyl (C=O) groups excluding carboxylic acids is 1. The summed E-state index contributed by atoms with van der Waals surface area (Å²) in [4.78, 5) is 19.0. The lowest BCUT2D eigenvalue weighted by Gasteiger charge is -2.34. The van der Waals surface area contributed by atoms with Gasteiger partial charge in [-0.25, -0.2) is 0 Å². The summed E-state index contributed by atoms with van der Waals surface area (Å²) < 4.78 is 5.74. The summed E-state index contributed by atoms with van der Waals surface area (Å²) in [5.41, 5.74) is 0.713. The molecule has 1 amide bonds. The molecule has 0 spiro atoms. The van der Waals surface area contributed by atoms with E-state index in [0.29, 0.717) is 23.1 Å². The molecule has 0 unspecified atom stereocenters. The highest BCUT2D eigenvalue weighted by Crippen LogP contribution is 2.22. The maximum absolute atomic E-state index is 13.0. The monoisotopic (exact) mass is 411 g/mol. The maximum Gasteiger partial charge on any atom is 0.254 e. The minimum absolute atomic E-state index is 0. The van der Waals surface area contributed by atoms with E-state index < -0.39 is 0 Å². The second-order valence-corrected chi connectivity index (χ2v) is 6.29. The molecule has 2 heterocycles. The van der Waals surface area contributed by atoms with Gasteiger partial charge in [-0.05, 0) is 68.8 Å². The van der Waals surface area contributed by atoms with Gasteiger partial charge in [0.1, 0.15) is 11.5 Å². The summed E-state index contributed by atoms with van der Waals surface area (Å²) >= 11 is 0. The lowest BCUT2D eigenvalue weighted by molar-refractivity contribution is 0.0642. The third-order valence-electron chi connectivity index (χ3n) is 4.45. The molecule has 1 aliphatic heterocycles. The fourth-order valence-corrected chi connectivity index (χ4v) is 3.18. The highest BCUT2D eigenvalue weighted by molar-refractivity contribution is 5.94. The number of amides is 1. The van der Waals surface area contributed by atoms with Crippen molar-refractivity contribution >= 4 is 30.7 Å². The van der Waals surface area contributed by atoms with E-state index in [1.165, 1.54) is 0 Å². The number of pyridine rings is 1. The van der Waals surface area contributed by atoms with Crippen LogP contribution in [0, 0.1) is 0 Å². The fraction of sp³-hybridized carbons (Fsp3) is 0.400. The van der Waals surface area contributed by atoms with E-state index in [2.05, 4.69) is 17.2 Å². The first-order valence-electron chi connectivity index (χ1n) is 8.97. The maximum atomic E-state index is 13.0. The summed E-state index contributed by atoms with van der Waals surface area (Å²) in [6, 6.07) is 11.4. The molecular weight excluding hydrogens is 385 g/mol. The Morgan fingerprint density at radius 1 is 1.15 bits per heavy atom. The highest BCUT2D eigenvalue weighted by atomic mass is 35.5. The van der Waals surface area contributed by atoms with Crippen LogP contribution in [-0.2, 0) is 0 Å². The summed E-state index contributed by atoms with van der Waals surface area (Å²) in [7, 11) is 0. The van der Waals surface area contributed by atoms with Crippen LogP contribution in [0.15, 0.2) is 48.8 Å². The first-order valence-corrected chi connectivity index (χ1v) is 8.97. The molecule has 2 aromatic rings. The van der Waals surface area contributed by atoms with Gasteiger partial charge in [-0.2, -0.15) is 0 Å². The molecule has 7 heteroatoms. The molecule has 1 aromatic heterocycles. The molecule has 1 aliphatic rings. The number of aromatic nitrogens is 1. The van der Waals surface area contributed by atoms with Gasteiger partial charge >= 0.3 is 0 Å². The summed E-state index contributed by atoms with van der Waals surface area (Å²) in [5.74, 6) is 1.50. The number of rotatable bonds is 6. The standard InChI is InChI=1S/C20H25N3O2.2ClH/c1-2-14-23(17-9-12-21-13-10-17)20(24)16-5-7-18(8-6-16)25-19-4-3-11-22-15-19;;/h3-8,11,15,17,21H,2,9-10,12-14H2,1H3;2*1H. The second-order valence-electron chi connectivity index (χ2n) is 6.29. The lowest BCUT2D eigenvalue weighted by Crippen LogP contribution is -2.46. The number of halogens is 2. The Morgan fingerprint density at radius 3 is 2.44 bits per heavy atom. The first kappa shape index (κ1) is 23.2. The molecule has 0 bridgehead atoms. The third kappa shape index (κ3) is 6.38. The van der Waals surface area contributed by atoms with E-state index in [1.807, 2.05) is 41.3 Å². The first-order chi connectivity index (χ1) is 12.3. The zero-order valence-corrected chi connectivity index (χ0v) is 17.1. The van der Waals surface area contributed by atoms with Crippen molar-refractivity contribution in [3.63, 3.8) is 0 Å². The zero-order chi connectivity index (χ0) is 17.5. The van der Waals surface area contributed by atoms with Gasteiger partial charge in [-0.1, -0.05) is 6.92 Å². The van der Waals surface area contributed by atoms with Crippen LogP contribution >= 0.6 is 24.8 Å². The van der Waals surface area contributed by atoms with E-state index >= 15 is 0 Å². The molecule has 1 N–H and O–H groups in total. The molecule has 1 aromatic carbocycles. The van der Waals surface area contributed by atoms with Gasteiger partial charge < -0.3 is 15.0 Å². The SMILES string of the molecule is CCCN(C(=O)c1ccc(Oc2cccnc2)cc1)C1CCNCC1.Cl.Cl.